The van der Waals surface area contributed by atoms with Gasteiger partial charge in [-0.05, 0) is 42.0 Å². The molecule has 4 nitrogen and oxygen atoms in total. The van der Waals surface area contributed by atoms with Gasteiger partial charge in [-0.25, -0.2) is 15.0 Å². The summed E-state index contributed by atoms with van der Waals surface area (Å²) in [5.41, 5.74) is 9.03. The van der Waals surface area contributed by atoms with Gasteiger partial charge in [-0.1, -0.05) is 146 Å². The Hall–Kier alpha value is -6.99. The van der Waals surface area contributed by atoms with Crippen LogP contribution in [0.2, 0.25) is 0 Å². The molecule has 0 saturated carbocycles. The zero-order valence-corrected chi connectivity index (χ0v) is 32.1. The molecule has 0 N–H and O–H groups in total. The topological polar surface area (TPSA) is 43.6 Å². The summed E-state index contributed by atoms with van der Waals surface area (Å²) in [6, 6.07) is 64.8. The summed E-state index contributed by atoms with van der Waals surface area (Å²) in [4.78, 5) is 15.2. The third kappa shape index (κ3) is 5.08. The van der Waals surface area contributed by atoms with Crippen LogP contribution in [0.1, 0.15) is 0 Å². The minimum absolute atomic E-state index is 0.661. The van der Waals surface area contributed by atoms with Crippen molar-refractivity contribution < 1.29 is 0 Å². The summed E-state index contributed by atoms with van der Waals surface area (Å²) in [5, 5.41) is 7.50. The Bertz CT molecular complexity index is 3410. The van der Waals surface area contributed by atoms with E-state index in [2.05, 4.69) is 150 Å². The summed E-state index contributed by atoms with van der Waals surface area (Å²) >= 11 is 3.71. The van der Waals surface area contributed by atoms with Crippen molar-refractivity contribution in [2.45, 2.75) is 0 Å². The van der Waals surface area contributed by atoms with E-state index in [-0.39, 0.29) is 0 Å². The Morgan fingerprint density at radius 3 is 1.56 bits per heavy atom. The molecule has 0 atom stereocenters. The fraction of sp³-hybridized carbons (Fsp3) is 0. The number of rotatable bonds is 5. The molecule has 0 radical (unpaired) electrons. The molecule has 0 fully saturated rings. The molecule has 0 aliphatic heterocycles. The van der Waals surface area contributed by atoms with Crippen LogP contribution in [0.25, 0.3) is 113 Å². The van der Waals surface area contributed by atoms with Crippen molar-refractivity contribution in [1.82, 2.24) is 19.5 Å². The van der Waals surface area contributed by atoms with E-state index < -0.39 is 0 Å². The Labute approximate surface area is 335 Å². The molecule has 0 aliphatic carbocycles. The predicted octanol–water partition coefficient (Wildman–Crippen LogP) is 14.4. The van der Waals surface area contributed by atoms with Crippen molar-refractivity contribution in [3.8, 4) is 51.0 Å². The average Bonchev–Trinajstić information content (AvgIpc) is 3.96. The Morgan fingerprint density at radius 2 is 0.877 bits per heavy atom. The first-order valence-corrected chi connectivity index (χ1v) is 20.7. The number of thiophene rings is 2. The highest BCUT2D eigenvalue weighted by Gasteiger charge is 2.20. The van der Waals surface area contributed by atoms with E-state index in [1.807, 2.05) is 59.1 Å². The van der Waals surface area contributed by atoms with E-state index in [9.17, 15) is 0 Å². The van der Waals surface area contributed by atoms with Crippen LogP contribution in [-0.2, 0) is 0 Å². The Kier molecular flexibility index (Phi) is 7.24. The number of nitrogens with zero attached hydrogens (tertiary/aromatic N) is 4. The van der Waals surface area contributed by atoms with Crippen LogP contribution in [0.5, 0.6) is 0 Å². The number of aromatic nitrogens is 4. The zero-order chi connectivity index (χ0) is 37.5. The molecular weight excluding hydrogens is 733 g/mol. The number of fused-ring (bicyclic) bond motifs is 9. The van der Waals surface area contributed by atoms with Crippen LogP contribution in [-0.4, -0.2) is 19.5 Å². The molecule has 0 spiro atoms. The van der Waals surface area contributed by atoms with Gasteiger partial charge >= 0.3 is 0 Å². The van der Waals surface area contributed by atoms with Gasteiger partial charge in [-0.2, -0.15) is 0 Å². The van der Waals surface area contributed by atoms with E-state index in [1.54, 1.807) is 0 Å². The number of hydrogen-bond donors (Lipinski definition) is 0. The summed E-state index contributed by atoms with van der Waals surface area (Å²) in [6.45, 7) is 0. The molecule has 0 saturated heterocycles. The predicted molar refractivity (Wildman–Crippen MR) is 242 cm³/mol. The number of benzene rings is 8. The minimum atomic E-state index is 0.661. The van der Waals surface area contributed by atoms with E-state index in [1.165, 1.54) is 79.0 Å². The molecular formula is C51H30N4S2. The van der Waals surface area contributed by atoms with E-state index in [4.69, 9.17) is 15.0 Å². The largest absolute Gasteiger partial charge is 0.309 e. The van der Waals surface area contributed by atoms with E-state index >= 15 is 0 Å². The first-order valence-electron chi connectivity index (χ1n) is 19.0. The van der Waals surface area contributed by atoms with Gasteiger partial charge < -0.3 is 4.57 Å². The lowest BCUT2D eigenvalue weighted by atomic mass is 9.97. The van der Waals surface area contributed by atoms with Gasteiger partial charge in [0.1, 0.15) is 0 Å². The van der Waals surface area contributed by atoms with Crippen LogP contribution in [0.4, 0.5) is 0 Å². The smallest absolute Gasteiger partial charge is 0.164 e. The Morgan fingerprint density at radius 1 is 0.351 bits per heavy atom. The maximum Gasteiger partial charge on any atom is 0.164 e. The van der Waals surface area contributed by atoms with Crippen molar-refractivity contribution in [3.63, 3.8) is 0 Å². The average molecular weight is 763 g/mol. The van der Waals surface area contributed by atoms with Crippen LogP contribution < -0.4 is 0 Å². The quantitative estimate of drug-likeness (QED) is 0.175. The molecule has 6 heteroatoms. The lowest BCUT2D eigenvalue weighted by Crippen LogP contribution is -2.00. The summed E-state index contributed by atoms with van der Waals surface area (Å²) < 4.78 is 7.43. The van der Waals surface area contributed by atoms with Crippen LogP contribution in [0.3, 0.4) is 0 Å². The van der Waals surface area contributed by atoms with Gasteiger partial charge in [0.25, 0.3) is 0 Å². The lowest BCUT2D eigenvalue weighted by molar-refractivity contribution is 1.08. The molecule has 4 aromatic heterocycles. The van der Waals surface area contributed by atoms with E-state index in [0.717, 1.165) is 16.7 Å². The monoisotopic (exact) mass is 762 g/mol. The van der Waals surface area contributed by atoms with Gasteiger partial charge in [0.05, 0.1) is 11.0 Å². The fourth-order valence-electron chi connectivity index (χ4n) is 8.55. The highest BCUT2D eigenvalue weighted by atomic mass is 32.1. The summed E-state index contributed by atoms with van der Waals surface area (Å²) in [5.74, 6) is 1.99. The van der Waals surface area contributed by atoms with Gasteiger partial charge in [0.2, 0.25) is 0 Å². The second-order valence-electron chi connectivity index (χ2n) is 14.3. The summed E-state index contributed by atoms with van der Waals surface area (Å²) in [7, 11) is 0. The number of para-hydroxylation sites is 2. The third-order valence-electron chi connectivity index (χ3n) is 11.1. The van der Waals surface area contributed by atoms with Gasteiger partial charge in [0.15, 0.2) is 17.5 Å². The Balaban J connectivity index is 1.04. The van der Waals surface area contributed by atoms with Crippen molar-refractivity contribution >= 4 is 84.8 Å². The highest BCUT2D eigenvalue weighted by molar-refractivity contribution is 7.27. The minimum Gasteiger partial charge on any atom is -0.309 e. The molecule has 4 heterocycles. The SMILES string of the molecule is c1ccc(-c2nc(-c3ccccc3)nc(-c3cccc4sc5c(-c6cccc7sc8cc(-n9c%10ccccc%10c%10ccccc%109)ccc8c67)cccc5c34)n2)cc1. The molecule has 0 bridgehead atoms. The van der Waals surface area contributed by atoms with Gasteiger partial charge in [0, 0.05) is 79.1 Å². The lowest BCUT2D eigenvalue weighted by Gasteiger charge is -2.10. The standard InChI is InChI=1S/C51H30N4S2/c1-3-14-31(15-4-1)49-52-50(32-16-5-2-6-17-32)54-51(53-49)40-23-13-27-44-47(40)39-22-11-21-37(48(39)57-44)36-20-12-26-43-46(36)38-29-28-33(30-45(38)56-43)55-41-24-9-7-18-34(41)35-19-8-10-25-42(35)55/h1-30H. The molecule has 12 rings (SSSR count). The summed E-state index contributed by atoms with van der Waals surface area (Å²) in [6.07, 6.45) is 0. The van der Waals surface area contributed by atoms with Gasteiger partial charge in [-0.15, -0.1) is 22.7 Å². The molecule has 12 aromatic rings. The van der Waals surface area contributed by atoms with Crippen LogP contribution in [0.15, 0.2) is 182 Å². The van der Waals surface area contributed by atoms with Crippen LogP contribution in [0, 0.1) is 0 Å². The van der Waals surface area contributed by atoms with Crippen molar-refractivity contribution in [3.05, 3.63) is 182 Å². The molecule has 0 amide bonds. The second-order valence-corrected chi connectivity index (χ2v) is 16.5. The van der Waals surface area contributed by atoms with Crippen molar-refractivity contribution in [1.29, 1.82) is 0 Å². The maximum absolute atomic E-state index is 5.13. The maximum atomic E-state index is 5.13. The molecule has 0 unspecified atom stereocenters. The molecule has 57 heavy (non-hydrogen) atoms. The second kappa shape index (κ2) is 12.8. The highest BCUT2D eigenvalue weighted by Crippen LogP contribution is 2.47. The first-order chi connectivity index (χ1) is 28.3. The van der Waals surface area contributed by atoms with Crippen molar-refractivity contribution in [2.24, 2.45) is 0 Å². The third-order valence-corrected chi connectivity index (χ3v) is 13.4. The van der Waals surface area contributed by atoms with Gasteiger partial charge in [-0.3, -0.25) is 0 Å². The fourth-order valence-corrected chi connectivity index (χ4v) is 11.0. The molecule has 0 aliphatic rings. The normalized spacial score (nSPS) is 11.9. The van der Waals surface area contributed by atoms with Crippen LogP contribution >= 0.6 is 22.7 Å². The van der Waals surface area contributed by atoms with E-state index in [0.29, 0.717) is 17.5 Å². The molecule has 266 valence electrons. The molecule has 8 aromatic carbocycles. The number of hydrogen-bond acceptors (Lipinski definition) is 5. The van der Waals surface area contributed by atoms with Crippen molar-refractivity contribution in [2.75, 3.05) is 0 Å². The zero-order valence-electron chi connectivity index (χ0n) is 30.4. The first kappa shape index (κ1) is 32.3.